The fourth-order valence-corrected chi connectivity index (χ4v) is 2.38. The highest BCUT2D eigenvalue weighted by molar-refractivity contribution is 5.58. The van der Waals surface area contributed by atoms with Crippen LogP contribution in [-0.4, -0.2) is 37.0 Å². The zero-order chi connectivity index (χ0) is 22.9. The summed E-state index contributed by atoms with van der Waals surface area (Å²) in [7, 11) is 2.97. The molecule has 2 rings (SSSR count). The second-order valence-corrected chi connectivity index (χ2v) is 6.12. The number of nitrogens with two attached hydrogens (primary N) is 2. The summed E-state index contributed by atoms with van der Waals surface area (Å²) in [5.74, 6) is 10.6. The molecule has 0 spiro atoms. The summed E-state index contributed by atoms with van der Waals surface area (Å²) >= 11 is 0. The maximum atomic E-state index is 12.6. The van der Waals surface area contributed by atoms with Crippen molar-refractivity contribution in [2.45, 2.75) is 26.3 Å². The molecule has 0 fully saturated rings. The Morgan fingerprint density at radius 3 is 2.27 bits per heavy atom. The van der Waals surface area contributed by atoms with Crippen LogP contribution in [0.3, 0.4) is 0 Å². The molecule has 166 valence electrons. The van der Waals surface area contributed by atoms with Crippen molar-refractivity contribution in [3.63, 3.8) is 0 Å². The molecule has 0 bridgehead atoms. The van der Waals surface area contributed by atoms with Crippen molar-refractivity contribution in [3.8, 4) is 17.2 Å². The van der Waals surface area contributed by atoms with Crippen molar-refractivity contribution in [1.29, 1.82) is 0 Å². The number of alkyl halides is 3. The van der Waals surface area contributed by atoms with E-state index in [0.29, 0.717) is 24.3 Å². The van der Waals surface area contributed by atoms with E-state index < -0.39 is 6.36 Å². The van der Waals surface area contributed by atoms with Gasteiger partial charge < -0.3 is 19.6 Å². The molecule has 0 saturated heterocycles. The Morgan fingerprint density at radius 1 is 1.13 bits per heavy atom. The van der Waals surface area contributed by atoms with Crippen LogP contribution in [0.2, 0.25) is 0 Å². The zero-order valence-electron chi connectivity index (χ0n) is 16.8. The van der Waals surface area contributed by atoms with E-state index in [0.717, 1.165) is 10.6 Å². The number of carbonyl (C=O) groups excluding carboxylic acids is 1. The minimum atomic E-state index is -4.83. The number of anilines is 1. The Morgan fingerprint density at radius 2 is 1.77 bits per heavy atom. The molecule has 0 atom stereocenters. The first-order valence-electron chi connectivity index (χ1n) is 8.72. The SMILES string of the molecule is CCc1cc(O)ccc1OCc1c(OC(F)(F)F)cccc1N(C)N.CN(N)C=O. The van der Waals surface area contributed by atoms with Crippen LogP contribution in [0.25, 0.3) is 0 Å². The average molecular weight is 430 g/mol. The van der Waals surface area contributed by atoms with Gasteiger partial charge in [0.15, 0.2) is 0 Å². The summed E-state index contributed by atoms with van der Waals surface area (Å²) in [5.41, 5.74) is 1.25. The quantitative estimate of drug-likeness (QED) is 0.268. The van der Waals surface area contributed by atoms with Crippen molar-refractivity contribution in [2.75, 3.05) is 19.1 Å². The monoisotopic (exact) mass is 430 g/mol. The van der Waals surface area contributed by atoms with Crippen molar-refractivity contribution in [3.05, 3.63) is 47.5 Å². The maximum Gasteiger partial charge on any atom is 0.573 e. The minimum absolute atomic E-state index is 0.0902. The number of rotatable bonds is 7. The largest absolute Gasteiger partial charge is 0.573 e. The standard InChI is InChI=1S/C17H19F3N2O3.C2H6N2O/c1-3-11-9-12(23)7-8-15(11)24-10-13-14(22(2)21)5-4-6-16(13)25-17(18,19)20;1-4(3)2-5/h4-9,23H,3,10,21H2,1-2H3;2H,3H2,1H3. The second-order valence-electron chi connectivity index (χ2n) is 6.12. The molecule has 1 amide bonds. The number of aryl methyl sites for hydroxylation is 1. The summed E-state index contributed by atoms with van der Waals surface area (Å²) in [4.78, 5) is 9.31. The van der Waals surface area contributed by atoms with Crippen LogP contribution in [0, 0.1) is 0 Å². The Hall–Kier alpha value is -3.18. The third kappa shape index (κ3) is 8.05. The molecule has 0 saturated carbocycles. The number of nitrogens with zero attached hydrogens (tertiary/aromatic N) is 2. The van der Waals surface area contributed by atoms with E-state index in [2.05, 4.69) is 4.74 Å². The molecule has 0 aliphatic rings. The van der Waals surface area contributed by atoms with Gasteiger partial charge in [-0.25, -0.2) is 11.7 Å². The number of aromatic hydroxyl groups is 1. The minimum Gasteiger partial charge on any atom is -0.508 e. The van der Waals surface area contributed by atoms with Crippen LogP contribution in [0.4, 0.5) is 18.9 Å². The fourth-order valence-electron chi connectivity index (χ4n) is 2.38. The molecule has 0 aliphatic heterocycles. The van der Waals surface area contributed by atoms with Gasteiger partial charge in [0.05, 0.1) is 11.3 Å². The first-order valence-corrected chi connectivity index (χ1v) is 8.72. The van der Waals surface area contributed by atoms with Crippen LogP contribution in [0.1, 0.15) is 18.1 Å². The smallest absolute Gasteiger partial charge is 0.508 e. The molecular weight excluding hydrogens is 405 g/mol. The van der Waals surface area contributed by atoms with Crippen molar-refractivity contribution >= 4 is 12.1 Å². The third-order valence-corrected chi connectivity index (χ3v) is 3.68. The van der Waals surface area contributed by atoms with E-state index in [-0.39, 0.29) is 23.7 Å². The van der Waals surface area contributed by atoms with E-state index in [9.17, 15) is 23.1 Å². The van der Waals surface area contributed by atoms with Gasteiger partial charge in [0.1, 0.15) is 23.9 Å². The van der Waals surface area contributed by atoms with Crippen LogP contribution in [0.15, 0.2) is 36.4 Å². The lowest BCUT2D eigenvalue weighted by molar-refractivity contribution is -0.275. The second kappa shape index (κ2) is 11.1. The van der Waals surface area contributed by atoms with Gasteiger partial charge in [0.25, 0.3) is 0 Å². The van der Waals surface area contributed by atoms with E-state index in [4.69, 9.17) is 16.4 Å². The first kappa shape index (κ1) is 24.9. The van der Waals surface area contributed by atoms with E-state index >= 15 is 0 Å². The Bertz CT molecular complexity index is 830. The van der Waals surface area contributed by atoms with Crippen LogP contribution >= 0.6 is 0 Å². The molecule has 0 radical (unpaired) electrons. The molecule has 0 heterocycles. The van der Waals surface area contributed by atoms with Gasteiger partial charge in [0.2, 0.25) is 6.41 Å². The molecule has 8 nitrogen and oxygen atoms in total. The number of hydrogen-bond donors (Lipinski definition) is 3. The Balaban J connectivity index is 0.000000804. The van der Waals surface area contributed by atoms with E-state index in [1.807, 2.05) is 6.92 Å². The highest BCUT2D eigenvalue weighted by Gasteiger charge is 2.32. The van der Waals surface area contributed by atoms with Gasteiger partial charge >= 0.3 is 6.36 Å². The van der Waals surface area contributed by atoms with Crippen molar-refractivity contribution in [1.82, 2.24) is 5.01 Å². The van der Waals surface area contributed by atoms with Crippen molar-refractivity contribution < 1.29 is 32.5 Å². The number of phenolic OH excluding ortho intramolecular Hbond substituents is 1. The summed E-state index contributed by atoms with van der Waals surface area (Å²) in [6.07, 6.45) is -3.71. The molecule has 5 N–H and O–H groups in total. The zero-order valence-corrected chi connectivity index (χ0v) is 16.8. The Labute approximate surface area is 172 Å². The Kier molecular flexibility index (Phi) is 9.21. The molecule has 0 aromatic heterocycles. The molecule has 2 aromatic carbocycles. The lowest BCUT2D eigenvalue weighted by atomic mass is 10.1. The lowest BCUT2D eigenvalue weighted by Gasteiger charge is -2.21. The maximum absolute atomic E-state index is 12.6. The molecule has 2 aromatic rings. The summed E-state index contributed by atoms with van der Waals surface area (Å²) in [6, 6.07) is 8.75. The number of benzene rings is 2. The topological polar surface area (TPSA) is 114 Å². The van der Waals surface area contributed by atoms with Crippen LogP contribution in [-0.2, 0) is 17.8 Å². The van der Waals surface area contributed by atoms with Crippen molar-refractivity contribution in [2.24, 2.45) is 11.7 Å². The van der Waals surface area contributed by atoms with Gasteiger partial charge in [-0.3, -0.25) is 9.80 Å². The van der Waals surface area contributed by atoms with Gasteiger partial charge in [-0.2, -0.15) is 0 Å². The summed E-state index contributed by atoms with van der Waals surface area (Å²) in [6.45, 7) is 1.70. The van der Waals surface area contributed by atoms with Gasteiger partial charge in [-0.05, 0) is 42.3 Å². The van der Waals surface area contributed by atoms with E-state index in [1.54, 1.807) is 18.2 Å². The number of ether oxygens (including phenoxy) is 2. The third-order valence-electron chi connectivity index (χ3n) is 3.68. The predicted octanol–water partition coefficient (Wildman–Crippen LogP) is 2.69. The molecule has 0 aliphatic carbocycles. The lowest BCUT2D eigenvalue weighted by Crippen LogP contribution is -2.27. The number of hydrazine groups is 2. The normalized spacial score (nSPS) is 10.5. The van der Waals surface area contributed by atoms with Gasteiger partial charge in [-0.1, -0.05) is 13.0 Å². The van der Waals surface area contributed by atoms with E-state index in [1.165, 1.54) is 37.3 Å². The summed E-state index contributed by atoms with van der Waals surface area (Å²) in [5, 5.41) is 11.7. The number of hydrogen-bond acceptors (Lipinski definition) is 7. The van der Waals surface area contributed by atoms with Crippen LogP contribution < -0.4 is 26.2 Å². The fraction of sp³-hybridized carbons (Fsp3) is 0.316. The highest BCUT2D eigenvalue weighted by Crippen LogP contribution is 2.34. The average Bonchev–Trinajstić information content (AvgIpc) is 2.66. The summed E-state index contributed by atoms with van der Waals surface area (Å²) < 4.78 is 47.7. The first-order chi connectivity index (χ1) is 14.0. The van der Waals surface area contributed by atoms with Crippen LogP contribution in [0.5, 0.6) is 17.2 Å². The number of halogens is 3. The number of amides is 1. The molecule has 30 heavy (non-hydrogen) atoms. The van der Waals surface area contributed by atoms with Gasteiger partial charge in [-0.15, -0.1) is 13.2 Å². The molecule has 11 heteroatoms. The highest BCUT2D eigenvalue weighted by atomic mass is 19.4. The molecular formula is C19H25F3N4O4. The predicted molar refractivity (Wildman–Crippen MR) is 106 cm³/mol. The van der Waals surface area contributed by atoms with Gasteiger partial charge in [0, 0.05) is 14.1 Å². The number of carbonyl (C=O) groups is 1. The number of phenols is 1. The molecule has 0 unspecified atom stereocenters.